The highest BCUT2D eigenvalue weighted by atomic mass is 16.5. The second-order valence-electron chi connectivity index (χ2n) is 6.64. The zero-order valence-corrected chi connectivity index (χ0v) is 13.5. The molecular weight excluding hydrogens is 292 g/mol. The van der Waals surface area contributed by atoms with Gasteiger partial charge in [0.1, 0.15) is 5.75 Å². The molecule has 124 valence electrons. The van der Waals surface area contributed by atoms with Crippen LogP contribution in [0.15, 0.2) is 24.3 Å². The monoisotopic (exact) mass is 316 g/mol. The molecule has 2 saturated carbocycles. The molecule has 3 rings (SSSR count). The van der Waals surface area contributed by atoms with Gasteiger partial charge in [-0.25, -0.2) is 0 Å². The van der Waals surface area contributed by atoms with Gasteiger partial charge in [0.2, 0.25) is 11.8 Å². The molecule has 5 nitrogen and oxygen atoms in total. The maximum Gasteiger partial charge on any atom is 0.243 e. The fourth-order valence-corrected chi connectivity index (χ4v) is 3.04. The molecule has 0 aliphatic heterocycles. The number of carbonyl (C=O) groups is 2. The third-order valence-corrected chi connectivity index (χ3v) is 4.59. The molecule has 0 radical (unpaired) electrons. The van der Waals surface area contributed by atoms with Gasteiger partial charge in [-0.3, -0.25) is 9.59 Å². The van der Waals surface area contributed by atoms with Crippen molar-refractivity contribution in [2.75, 3.05) is 11.9 Å². The lowest BCUT2D eigenvalue weighted by Gasteiger charge is -2.14. The smallest absolute Gasteiger partial charge is 0.243 e. The Kier molecular flexibility index (Phi) is 4.84. The molecule has 2 unspecified atom stereocenters. The van der Waals surface area contributed by atoms with E-state index >= 15 is 0 Å². The van der Waals surface area contributed by atoms with Crippen molar-refractivity contribution in [3.05, 3.63) is 24.3 Å². The van der Waals surface area contributed by atoms with E-state index in [2.05, 4.69) is 10.6 Å². The van der Waals surface area contributed by atoms with Crippen LogP contribution in [0.4, 0.5) is 5.69 Å². The number of ether oxygens (including phenoxy) is 1. The first kappa shape index (κ1) is 15.8. The van der Waals surface area contributed by atoms with Gasteiger partial charge < -0.3 is 15.4 Å². The van der Waals surface area contributed by atoms with Crippen molar-refractivity contribution in [1.29, 1.82) is 0 Å². The molecule has 2 fully saturated rings. The molecule has 0 heterocycles. The third kappa shape index (κ3) is 4.47. The summed E-state index contributed by atoms with van der Waals surface area (Å²) in [4.78, 5) is 23.6. The Morgan fingerprint density at radius 3 is 2.70 bits per heavy atom. The SMILES string of the molecule is CC1CC1C(=O)NCC(=O)Nc1cccc(OC2CCCC2)c1. The van der Waals surface area contributed by atoms with Gasteiger partial charge in [0.15, 0.2) is 0 Å². The second kappa shape index (κ2) is 7.02. The number of nitrogens with one attached hydrogen (secondary N) is 2. The van der Waals surface area contributed by atoms with Crippen LogP contribution in [-0.2, 0) is 9.59 Å². The first-order valence-corrected chi connectivity index (χ1v) is 8.46. The van der Waals surface area contributed by atoms with E-state index in [0.717, 1.165) is 25.0 Å². The Bertz CT molecular complexity index is 581. The summed E-state index contributed by atoms with van der Waals surface area (Å²) in [6.45, 7) is 2.05. The number of carbonyl (C=O) groups excluding carboxylic acids is 2. The maximum absolute atomic E-state index is 11.9. The fraction of sp³-hybridized carbons (Fsp3) is 0.556. The lowest BCUT2D eigenvalue weighted by atomic mass is 10.2. The Morgan fingerprint density at radius 1 is 1.26 bits per heavy atom. The second-order valence-corrected chi connectivity index (χ2v) is 6.64. The van der Waals surface area contributed by atoms with Gasteiger partial charge in [-0.2, -0.15) is 0 Å². The molecule has 5 heteroatoms. The van der Waals surface area contributed by atoms with E-state index < -0.39 is 0 Å². The van der Waals surface area contributed by atoms with E-state index in [1.54, 1.807) is 0 Å². The number of hydrogen-bond acceptors (Lipinski definition) is 3. The molecule has 2 N–H and O–H groups in total. The number of amides is 2. The minimum Gasteiger partial charge on any atom is -0.490 e. The van der Waals surface area contributed by atoms with Gasteiger partial charge in [-0.05, 0) is 50.2 Å². The first-order chi connectivity index (χ1) is 11.1. The summed E-state index contributed by atoms with van der Waals surface area (Å²) in [5.41, 5.74) is 0.694. The topological polar surface area (TPSA) is 67.4 Å². The Hall–Kier alpha value is -2.04. The predicted molar refractivity (Wildman–Crippen MR) is 88.2 cm³/mol. The van der Waals surface area contributed by atoms with Crippen molar-refractivity contribution in [2.24, 2.45) is 11.8 Å². The molecule has 1 aromatic carbocycles. The van der Waals surface area contributed by atoms with E-state index in [-0.39, 0.29) is 24.3 Å². The van der Waals surface area contributed by atoms with Crippen molar-refractivity contribution in [2.45, 2.75) is 45.1 Å². The van der Waals surface area contributed by atoms with Crippen molar-refractivity contribution in [3.63, 3.8) is 0 Å². The minimum absolute atomic E-state index is 0.00969. The molecule has 1 aromatic rings. The zero-order valence-electron chi connectivity index (χ0n) is 13.5. The van der Waals surface area contributed by atoms with Crippen LogP contribution in [0.5, 0.6) is 5.75 Å². The number of hydrogen-bond donors (Lipinski definition) is 2. The summed E-state index contributed by atoms with van der Waals surface area (Å²) in [5.74, 6) is 1.08. The maximum atomic E-state index is 11.9. The summed E-state index contributed by atoms with van der Waals surface area (Å²) >= 11 is 0. The summed E-state index contributed by atoms with van der Waals surface area (Å²) in [7, 11) is 0. The quantitative estimate of drug-likeness (QED) is 0.848. The van der Waals surface area contributed by atoms with E-state index in [9.17, 15) is 9.59 Å². The number of rotatable bonds is 6. The van der Waals surface area contributed by atoms with Crippen LogP contribution in [0.1, 0.15) is 39.0 Å². The van der Waals surface area contributed by atoms with Crippen LogP contribution in [0.25, 0.3) is 0 Å². The van der Waals surface area contributed by atoms with E-state index in [4.69, 9.17) is 4.74 Å². The van der Waals surface area contributed by atoms with Gasteiger partial charge in [0.25, 0.3) is 0 Å². The van der Waals surface area contributed by atoms with Gasteiger partial charge >= 0.3 is 0 Å². The standard InChI is InChI=1S/C18H24N2O3/c1-12-9-16(12)18(22)19-11-17(21)20-13-5-4-8-15(10-13)23-14-6-2-3-7-14/h4-5,8,10,12,14,16H,2-3,6-7,9,11H2,1H3,(H,19,22)(H,20,21). The molecule has 0 spiro atoms. The Balaban J connectivity index is 1.46. The lowest BCUT2D eigenvalue weighted by molar-refractivity contribution is -0.125. The number of anilines is 1. The van der Waals surface area contributed by atoms with Crippen LogP contribution < -0.4 is 15.4 Å². The van der Waals surface area contributed by atoms with Crippen molar-refractivity contribution >= 4 is 17.5 Å². The Labute approximate surface area is 136 Å². The molecule has 0 aromatic heterocycles. The molecule has 2 aliphatic carbocycles. The Morgan fingerprint density at radius 2 is 2.00 bits per heavy atom. The average molecular weight is 316 g/mol. The van der Waals surface area contributed by atoms with Crippen molar-refractivity contribution < 1.29 is 14.3 Å². The molecule has 2 atom stereocenters. The van der Waals surface area contributed by atoms with E-state index in [1.807, 2.05) is 31.2 Å². The van der Waals surface area contributed by atoms with Gasteiger partial charge in [0.05, 0.1) is 12.6 Å². The van der Waals surface area contributed by atoms with Crippen LogP contribution in [0.3, 0.4) is 0 Å². The molecule has 2 aliphatic rings. The van der Waals surface area contributed by atoms with Crippen LogP contribution in [-0.4, -0.2) is 24.5 Å². The van der Waals surface area contributed by atoms with E-state index in [1.165, 1.54) is 12.8 Å². The fourth-order valence-electron chi connectivity index (χ4n) is 3.04. The van der Waals surface area contributed by atoms with Crippen LogP contribution >= 0.6 is 0 Å². The summed E-state index contributed by atoms with van der Waals surface area (Å²) in [5, 5.41) is 5.49. The summed E-state index contributed by atoms with van der Waals surface area (Å²) in [6.07, 6.45) is 5.86. The zero-order chi connectivity index (χ0) is 16.2. The van der Waals surface area contributed by atoms with Crippen LogP contribution in [0.2, 0.25) is 0 Å². The van der Waals surface area contributed by atoms with Crippen LogP contribution in [0, 0.1) is 11.8 Å². The molecule has 23 heavy (non-hydrogen) atoms. The molecule has 2 amide bonds. The largest absolute Gasteiger partial charge is 0.490 e. The summed E-state index contributed by atoms with van der Waals surface area (Å²) in [6, 6.07) is 7.43. The lowest BCUT2D eigenvalue weighted by Crippen LogP contribution is -2.34. The summed E-state index contributed by atoms with van der Waals surface area (Å²) < 4.78 is 5.93. The normalized spacial score (nSPS) is 23.3. The van der Waals surface area contributed by atoms with Crippen molar-refractivity contribution in [3.8, 4) is 5.75 Å². The average Bonchev–Trinajstić information content (AvgIpc) is 3.04. The number of benzene rings is 1. The van der Waals surface area contributed by atoms with Gasteiger partial charge in [0, 0.05) is 17.7 Å². The minimum atomic E-state index is -0.218. The first-order valence-electron chi connectivity index (χ1n) is 8.46. The highest BCUT2D eigenvalue weighted by molar-refractivity contribution is 5.95. The molecule has 0 saturated heterocycles. The van der Waals surface area contributed by atoms with E-state index in [0.29, 0.717) is 17.7 Å². The third-order valence-electron chi connectivity index (χ3n) is 4.59. The van der Waals surface area contributed by atoms with Gasteiger partial charge in [-0.1, -0.05) is 13.0 Å². The molecule has 0 bridgehead atoms. The predicted octanol–water partition coefficient (Wildman–Crippen LogP) is 2.72. The highest BCUT2D eigenvalue weighted by Crippen LogP contribution is 2.37. The van der Waals surface area contributed by atoms with Gasteiger partial charge in [-0.15, -0.1) is 0 Å². The molecular formula is C18H24N2O3. The van der Waals surface area contributed by atoms with Crippen molar-refractivity contribution in [1.82, 2.24) is 5.32 Å². The highest BCUT2D eigenvalue weighted by Gasteiger charge is 2.38.